The van der Waals surface area contributed by atoms with Crippen LogP contribution >= 0.6 is 0 Å². The maximum atomic E-state index is 11.9. The van der Waals surface area contributed by atoms with Gasteiger partial charge in [0, 0.05) is 0 Å². The number of carbonyl (C=O) groups is 2. The highest BCUT2D eigenvalue weighted by atomic mass is 16.5. The lowest BCUT2D eigenvalue weighted by molar-refractivity contribution is -0.116. The van der Waals surface area contributed by atoms with Gasteiger partial charge in [-0.25, -0.2) is 0 Å². The predicted molar refractivity (Wildman–Crippen MR) is 83.3 cm³/mol. The van der Waals surface area contributed by atoms with Gasteiger partial charge in [0.1, 0.15) is 23.1 Å². The maximum Gasteiger partial charge on any atom is 0.230 e. The van der Waals surface area contributed by atoms with E-state index in [2.05, 4.69) is 5.32 Å². The number of anilines is 1. The van der Waals surface area contributed by atoms with Gasteiger partial charge in [0.15, 0.2) is 5.78 Å². The van der Waals surface area contributed by atoms with Crippen molar-refractivity contribution in [3.05, 3.63) is 47.2 Å². The number of carbonyl (C=O) groups excluding carboxylic acids is 2. The second-order valence-electron chi connectivity index (χ2n) is 4.87. The number of benzene rings is 1. The molecule has 1 amide bonds. The highest BCUT2D eigenvalue weighted by molar-refractivity contribution is 6.00. The van der Waals surface area contributed by atoms with Crippen LogP contribution in [-0.2, 0) is 4.79 Å². The summed E-state index contributed by atoms with van der Waals surface area (Å²) in [5, 5.41) is 11.7. The van der Waals surface area contributed by atoms with Crippen LogP contribution in [0.15, 0.2) is 34.7 Å². The van der Waals surface area contributed by atoms with Gasteiger partial charge in [-0.15, -0.1) is 0 Å². The number of ether oxygens (including phenoxy) is 1. The average molecular weight is 312 g/mol. The number of Topliss-reactive ketones (excluding diaryl/α,β-unsaturated/α-hetero) is 1. The number of hydrogen-bond donors (Lipinski definition) is 1. The van der Waals surface area contributed by atoms with E-state index in [1.807, 2.05) is 24.3 Å². The van der Waals surface area contributed by atoms with Crippen molar-refractivity contribution in [3.63, 3.8) is 0 Å². The zero-order chi connectivity index (χ0) is 16.8. The van der Waals surface area contributed by atoms with E-state index in [9.17, 15) is 9.59 Å². The van der Waals surface area contributed by atoms with E-state index in [-0.39, 0.29) is 41.7 Å². The van der Waals surface area contributed by atoms with Crippen LogP contribution < -0.4 is 10.1 Å². The number of nitrogens with zero attached hydrogens (tertiary/aromatic N) is 1. The smallest absolute Gasteiger partial charge is 0.230 e. The third-order valence-corrected chi connectivity index (χ3v) is 3.14. The first kappa shape index (κ1) is 16.3. The van der Waals surface area contributed by atoms with Crippen molar-refractivity contribution >= 4 is 17.6 Å². The minimum absolute atomic E-state index is 0.0000823. The van der Waals surface area contributed by atoms with Gasteiger partial charge in [0.05, 0.1) is 18.6 Å². The predicted octanol–water partition coefficient (Wildman–Crippen LogP) is 3.07. The quantitative estimate of drug-likeness (QED) is 0.827. The molecule has 1 aromatic carbocycles. The topological polar surface area (TPSA) is 92.3 Å². The Labute approximate surface area is 133 Å². The molecule has 0 aliphatic rings. The zero-order valence-electron chi connectivity index (χ0n) is 12.9. The number of furan rings is 1. The van der Waals surface area contributed by atoms with Gasteiger partial charge in [0.2, 0.25) is 11.8 Å². The molecule has 118 valence electrons. The lowest BCUT2D eigenvalue weighted by Crippen LogP contribution is -2.15. The Morgan fingerprint density at radius 2 is 2.00 bits per heavy atom. The van der Waals surface area contributed by atoms with Crippen molar-refractivity contribution in [2.45, 2.75) is 20.3 Å². The van der Waals surface area contributed by atoms with Gasteiger partial charge in [-0.05, 0) is 26.0 Å². The molecule has 6 nitrogen and oxygen atoms in total. The van der Waals surface area contributed by atoms with Crippen LogP contribution in [0.4, 0.5) is 5.88 Å². The summed E-state index contributed by atoms with van der Waals surface area (Å²) in [6.45, 7) is 3.11. The lowest BCUT2D eigenvalue weighted by Gasteiger charge is -2.05. The van der Waals surface area contributed by atoms with E-state index < -0.39 is 0 Å². The summed E-state index contributed by atoms with van der Waals surface area (Å²) in [7, 11) is 0. The second-order valence-corrected chi connectivity index (χ2v) is 4.87. The number of nitriles is 1. The van der Waals surface area contributed by atoms with Crippen molar-refractivity contribution in [3.8, 4) is 11.8 Å². The monoisotopic (exact) mass is 312 g/mol. The number of para-hydroxylation sites is 1. The number of ketones is 1. The summed E-state index contributed by atoms with van der Waals surface area (Å²) in [4.78, 5) is 23.4. The fourth-order valence-corrected chi connectivity index (χ4v) is 2.13. The Balaban J connectivity index is 1.97. The first-order valence-electron chi connectivity index (χ1n) is 7.05. The van der Waals surface area contributed by atoms with Crippen molar-refractivity contribution < 1.29 is 18.7 Å². The maximum absolute atomic E-state index is 11.9. The zero-order valence-corrected chi connectivity index (χ0v) is 12.9. The molecule has 0 saturated carbocycles. The molecule has 0 saturated heterocycles. The summed E-state index contributed by atoms with van der Waals surface area (Å²) >= 11 is 0. The fourth-order valence-electron chi connectivity index (χ4n) is 2.13. The molecule has 0 unspecified atom stereocenters. The number of rotatable bonds is 6. The van der Waals surface area contributed by atoms with Gasteiger partial charge in [0.25, 0.3) is 0 Å². The number of aryl methyl sites for hydroxylation is 1. The van der Waals surface area contributed by atoms with E-state index in [4.69, 9.17) is 14.4 Å². The molecule has 23 heavy (non-hydrogen) atoms. The largest absolute Gasteiger partial charge is 0.493 e. The van der Waals surface area contributed by atoms with Crippen molar-refractivity contribution in [1.29, 1.82) is 5.26 Å². The highest BCUT2D eigenvalue weighted by Gasteiger charge is 2.22. The Kier molecular flexibility index (Phi) is 5.15. The lowest BCUT2D eigenvalue weighted by atomic mass is 10.1. The molecule has 2 rings (SSSR count). The van der Waals surface area contributed by atoms with Gasteiger partial charge in [-0.2, -0.15) is 5.26 Å². The van der Waals surface area contributed by atoms with Crippen LogP contribution in [0.25, 0.3) is 0 Å². The molecule has 0 spiro atoms. The minimum atomic E-state index is -0.360. The molecule has 0 aliphatic carbocycles. The molecule has 0 radical (unpaired) electrons. The fraction of sp³-hybridized carbons (Fsp3) is 0.235. The van der Waals surface area contributed by atoms with E-state index in [0.29, 0.717) is 11.5 Å². The Hall–Kier alpha value is -3.07. The Morgan fingerprint density at radius 1 is 1.30 bits per heavy atom. The van der Waals surface area contributed by atoms with Gasteiger partial charge in [-0.3, -0.25) is 14.9 Å². The number of hydrogen-bond acceptors (Lipinski definition) is 5. The molecule has 2 aromatic rings. The molecule has 0 bridgehead atoms. The third kappa shape index (κ3) is 3.98. The van der Waals surface area contributed by atoms with Crippen LogP contribution in [0.3, 0.4) is 0 Å². The van der Waals surface area contributed by atoms with Crippen LogP contribution in [0.2, 0.25) is 0 Å². The van der Waals surface area contributed by atoms with Crippen LogP contribution in [0, 0.1) is 18.3 Å². The van der Waals surface area contributed by atoms with Crippen LogP contribution in [0.5, 0.6) is 5.75 Å². The molecular weight excluding hydrogens is 296 g/mol. The highest BCUT2D eigenvalue weighted by Crippen LogP contribution is 2.26. The normalized spacial score (nSPS) is 9.96. The van der Waals surface area contributed by atoms with Crippen molar-refractivity contribution in [2.24, 2.45) is 0 Å². The Morgan fingerprint density at radius 3 is 2.61 bits per heavy atom. The molecular formula is C17H16N2O4. The average Bonchev–Trinajstić information content (AvgIpc) is 2.83. The number of nitrogens with one attached hydrogen (secondary N) is 1. The van der Waals surface area contributed by atoms with Crippen LogP contribution in [0.1, 0.15) is 35.0 Å². The molecule has 0 atom stereocenters. The van der Waals surface area contributed by atoms with Crippen LogP contribution in [-0.4, -0.2) is 18.3 Å². The van der Waals surface area contributed by atoms with E-state index in [1.165, 1.54) is 6.92 Å². The van der Waals surface area contributed by atoms with E-state index >= 15 is 0 Å². The first-order chi connectivity index (χ1) is 11.0. The minimum Gasteiger partial charge on any atom is -0.493 e. The molecule has 6 heteroatoms. The summed E-state index contributed by atoms with van der Waals surface area (Å²) in [5.41, 5.74) is 0.246. The molecule has 0 aliphatic heterocycles. The van der Waals surface area contributed by atoms with Gasteiger partial charge < -0.3 is 9.15 Å². The first-order valence-corrected chi connectivity index (χ1v) is 7.05. The van der Waals surface area contributed by atoms with Crippen molar-refractivity contribution in [1.82, 2.24) is 0 Å². The summed E-state index contributed by atoms with van der Waals surface area (Å²) in [5.74, 6) is 0.340. The van der Waals surface area contributed by atoms with Gasteiger partial charge >= 0.3 is 0 Å². The Bertz CT molecular complexity index is 757. The molecule has 1 aromatic heterocycles. The van der Waals surface area contributed by atoms with E-state index in [0.717, 1.165) is 0 Å². The summed E-state index contributed by atoms with van der Waals surface area (Å²) < 4.78 is 10.7. The summed E-state index contributed by atoms with van der Waals surface area (Å²) in [6, 6.07) is 11.0. The van der Waals surface area contributed by atoms with Gasteiger partial charge in [-0.1, -0.05) is 18.2 Å². The second kappa shape index (κ2) is 7.27. The SMILES string of the molecule is CC(=O)c1c(C)oc(NC(=O)CCOc2ccccc2)c1C#N. The third-order valence-electron chi connectivity index (χ3n) is 3.14. The summed E-state index contributed by atoms with van der Waals surface area (Å²) in [6.07, 6.45) is 0.0922. The molecule has 1 heterocycles. The van der Waals surface area contributed by atoms with E-state index in [1.54, 1.807) is 19.1 Å². The molecule has 0 fully saturated rings. The standard InChI is InChI=1S/C17H16N2O4/c1-11(20)16-12(2)23-17(14(16)10-18)19-15(21)8-9-22-13-6-4-3-5-7-13/h3-7H,8-9H2,1-2H3,(H,19,21). The number of amides is 1. The molecule has 1 N–H and O–H groups in total. The van der Waals surface area contributed by atoms with Crippen molar-refractivity contribution in [2.75, 3.05) is 11.9 Å².